The van der Waals surface area contributed by atoms with Crippen molar-refractivity contribution in [3.63, 3.8) is 0 Å². The Hall–Kier alpha value is -2.64. The molecule has 28 heavy (non-hydrogen) atoms. The third-order valence-corrected chi connectivity index (χ3v) is 6.32. The lowest BCUT2D eigenvalue weighted by Crippen LogP contribution is -2.13. The molecule has 0 saturated heterocycles. The minimum Gasteiger partial charge on any atom is -0.342 e. The fourth-order valence-corrected chi connectivity index (χ4v) is 4.32. The summed E-state index contributed by atoms with van der Waals surface area (Å²) in [4.78, 5) is 8.13. The fraction of sp³-hybridized carbons (Fsp3) is 0.0952. The van der Waals surface area contributed by atoms with Crippen LogP contribution in [-0.2, 0) is 22.9 Å². The van der Waals surface area contributed by atoms with Gasteiger partial charge in [-0.25, -0.2) is 13.4 Å². The number of H-pyrrole nitrogens is 1. The molecule has 0 aliphatic carbocycles. The first-order valence-corrected chi connectivity index (χ1v) is 11.1. The van der Waals surface area contributed by atoms with Crippen molar-refractivity contribution in [1.29, 1.82) is 0 Å². The van der Waals surface area contributed by atoms with Gasteiger partial charge in [0.25, 0.3) is 10.0 Å². The Morgan fingerprint density at radius 1 is 0.929 bits per heavy atom. The van der Waals surface area contributed by atoms with Crippen LogP contribution in [0.15, 0.2) is 82.2 Å². The molecule has 0 unspecified atom stereocenters. The Bertz CT molecular complexity index is 1180. The zero-order chi connectivity index (χ0) is 19.6. The lowest BCUT2D eigenvalue weighted by molar-refractivity contribution is 0.601. The molecule has 0 radical (unpaired) electrons. The van der Waals surface area contributed by atoms with Crippen molar-refractivity contribution in [3.8, 4) is 0 Å². The van der Waals surface area contributed by atoms with Gasteiger partial charge in [-0.1, -0.05) is 40.2 Å². The number of halogens is 1. The number of nitrogens with zero attached hydrogens (tertiary/aromatic N) is 1. The standard InChI is InChI=1S/C21H18BrN3O2S/c22-16-9-11-18(12-10-16)28(26,27)25-17-5-3-4-15(14-17)8-13-21-23-19-6-1-2-7-20(19)24-21/h1-7,9-12,14,25H,8,13H2,(H,23,24). The zero-order valence-corrected chi connectivity index (χ0v) is 17.3. The summed E-state index contributed by atoms with van der Waals surface area (Å²) in [7, 11) is -3.62. The molecule has 142 valence electrons. The van der Waals surface area contributed by atoms with Gasteiger partial charge in [0.15, 0.2) is 0 Å². The molecule has 0 saturated carbocycles. The summed E-state index contributed by atoms with van der Waals surface area (Å²) in [5, 5.41) is 0. The number of sulfonamides is 1. The van der Waals surface area contributed by atoms with Crippen molar-refractivity contribution >= 4 is 42.7 Å². The van der Waals surface area contributed by atoms with Gasteiger partial charge in [-0.2, -0.15) is 0 Å². The highest BCUT2D eigenvalue weighted by molar-refractivity contribution is 9.10. The Morgan fingerprint density at radius 3 is 2.50 bits per heavy atom. The minimum atomic E-state index is -3.62. The number of para-hydroxylation sites is 2. The van der Waals surface area contributed by atoms with Crippen LogP contribution in [0, 0.1) is 0 Å². The summed E-state index contributed by atoms with van der Waals surface area (Å²) in [6, 6.07) is 21.9. The fourth-order valence-electron chi connectivity index (χ4n) is 3.00. The predicted molar refractivity (Wildman–Crippen MR) is 115 cm³/mol. The van der Waals surface area contributed by atoms with Crippen LogP contribution in [0.1, 0.15) is 11.4 Å². The number of fused-ring (bicyclic) bond motifs is 1. The largest absolute Gasteiger partial charge is 0.342 e. The summed E-state index contributed by atoms with van der Waals surface area (Å²) in [5.74, 6) is 0.919. The summed E-state index contributed by atoms with van der Waals surface area (Å²) in [6.45, 7) is 0. The number of rotatable bonds is 6. The normalized spacial score (nSPS) is 11.6. The SMILES string of the molecule is O=S(=O)(Nc1cccc(CCc2nc3ccccc3[nH]2)c1)c1ccc(Br)cc1. The van der Waals surface area contributed by atoms with Gasteiger partial charge in [-0.15, -0.1) is 0 Å². The topological polar surface area (TPSA) is 74.8 Å². The van der Waals surface area contributed by atoms with Crippen LogP contribution in [0.25, 0.3) is 11.0 Å². The van der Waals surface area contributed by atoms with Crippen molar-refractivity contribution in [2.24, 2.45) is 0 Å². The molecule has 0 amide bonds. The summed E-state index contributed by atoms with van der Waals surface area (Å²) in [6.07, 6.45) is 1.51. The van der Waals surface area contributed by atoms with E-state index in [2.05, 4.69) is 30.6 Å². The van der Waals surface area contributed by atoms with E-state index in [0.29, 0.717) is 5.69 Å². The van der Waals surface area contributed by atoms with E-state index in [1.807, 2.05) is 42.5 Å². The molecular formula is C21H18BrN3O2S. The molecule has 4 rings (SSSR count). The highest BCUT2D eigenvalue weighted by Crippen LogP contribution is 2.20. The Labute approximate surface area is 172 Å². The first-order chi connectivity index (χ1) is 13.5. The molecule has 1 heterocycles. The first-order valence-electron chi connectivity index (χ1n) is 8.80. The highest BCUT2D eigenvalue weighted by Gasteiger charge is 2.14. The van der Waals surface area contributed by atoms with Crippen LogP contribution in [0.4, 0.5) is 5.69 Å². The van der Waals surface area contributed by atoms with Gasteiger partial charge in [-0.3, -0.25) is 4.72 Å². The van der Waals surface area contributed by atoms with Crippen molar-refractivity contribution in [2.75, 3.05) is 4.72 Å². The molecule has 0 fully saturated rings. The van der Waals surface area contributed by atoms with E-state index in [0.717, 1.165) is 39.7 Å². The van der Waals surface area contributed by atoms with Crippen molar-refractivity contribution < 1.29 is 8.42 Å². The number of aryl methyl sites for hydroxylation is 2. The molecule has 2 N–H and O–H groups in total. The average molecular weight is 456 g/mol. The number of aromatic amines is 1. The minimum absolute atomic E-state index is 0.225. The van der Waals surface area contributed by atoms with Crippen LogP contribution in [0.3, 0.4) is 0 Å². The van der Waals surface area contributed by atoms with Crippen LogP contribution in [0.2, 0.25) is 0 Å². The molecule has 0 aliphatic rings. The van der Waals surface area contributed by atoms with Crippen molar-refractivity contribution in [2.45, 2.75) is 17.7 Å². The Balaban J connectivity index is 1.47. The van der Waals surface area contributed by atoms with Crippen LogP contribution < -0.4 is 4.72 Å². The van der Waals surface area contributed by atoms with Crippen molar-refractivity contribution in [1.82, 2.24) is 9.97 Å². The molecule has 0 bridgehead atoms. The Morgan fingerprint density at radius 2 is 1.71 bits per heavy atom. The van der Waals surface area contributed by atoms with Gasteiger partial charge in [0.05, 0.1) is 15.9 Å². The van der Waals surface area contributed by atoms with Gasteiger partial charge < -0.3 is 4.98 Å². The summed E-state index contributed by atoms with van der Waals surface area (Å²) >= 11 is 3.31. The molecule has 1 aromatic heterocycles. The van der Waals surface area contributed by atoms with Gasteiger partial charge in [0.1, 0.15) is 5.82 Å². The monoisotopic (exact) mass is 455 g/mol. The first kappa shape index (κ1) is 18.7. The highest BCUT2D eigenvalue weighted by atomic mass is 79.9. The third-order valence-electron chi connectivity index (χ3n) is 4.39. The molecule has 0 atom stereocenters. The van der Waals surface area contributed by atoms with E-state index in [1.165, 1.54) is 0 Å². The van der Waals surface area contributed by atoms with E-state index in [1.54, 1.807) is 30.3 Å². The van der Waals surface area contributed by atoms with Crippen LogP contribution in [-0.4, -0.2) is 18.4 Å². The number of nitrogens with one attached hydrogen (secondary N) is 2. The van der Waals surface area contributed by atoms with Gasteiger partial charge >= 0.3 is 0 Å². The smallest absolute Gasteiger partial charge is 0.261 e. The number of benzene rings is 3. The number of imidazole rings is 1. The summed E-state index contributed by atoms with van der Waals surface area (Å²) in [5.41, 5.74) is 3.56. The number of aromatic nitrogens is 2. The maximum Gasteiger partial charge on any atom is 0.261 e. The molecule has 5 nitrogen and oxygen atoms in total. The predicted octanol–water partition coefficient (Wildman–Crippen LogP) is 4.91. The van der Waals surface area contributed by atoms with E-state index >= 15 is 0 Å². The second-order valence-corrected chi connectivity index (χ2v) is 9.06. The lowest BCUT2D eigenvalue weighted by atomic mass is 10.1. The van der Waals surface area contributed by atoms with E-state index in [-0.39, 0.29) is 4.90 Å². The number of hydrogen-bond donors (Lipinski definition) is 2. The second-order valence-electron chi connectivity index (χ2n) is 6.46. The molecule has 0 spiro atoms. The molecule has 3 aromatic carbocycles. The van der Waals surface area contributed by atoms with Gasteiger partial charge in [0.2, 0.25) is 0 Å². The van der Waals surface area contributed by atoms with E-state index in [9.17, 15) is 8.42 Å². The second kappa shape index (κ2) is 7.77. The molecular weight excluding hydrogens is 438 g/mol. The van der Waals surface area contributed by atoms with Gasteiger partial charge in [-0.05, 0) is 60.5 Å². The lowest BCUT2D eigenvalue weighted by Gasteiger charge is -2.09. The zero-order valence-electron chi connectivity index (χ0n) is 14.9. The summed E-state index contributed by atoms with van der Waals surface area (Å²) < 4.78 is 28.6. The van der Waals surface area contributed by atoms with E-state index in [4.69, 9.17) is 0 Å². The maximum atomic E-state index is 12.6. The maximum absolute atomic E-state index is 12.6. The van der Waals surface area contributed by atoms with Crippen LogP contribution >= 0.6 is 15.9 Å². The van der Waals surface area contributed by atoms with E-state index < -0.39 is 10.0 Å². The average Bonchev–Trinajstić information content (AvgIpc) is 3.10. The molecule has 0 aliphatic heterocycles. The number of anilines is 1. The quantitative estimate of drug-likeness (QED) is 0.433. The van der Waals surface area contributed by atoms with Crippen molar-refractivity contribution in [3.05, 3.63) is 88.7 Å². The Kier molecular flexibility index (Phi) is 5.19. The molecule has 4 aromatic rings. The van der Waals surface area contributed by atoms with Crippen LogP contribution in [0.5, 0.6) is 0 Å². The third kappa shape index (κ3) is 4.26. The number of hydrogen-bond acceptors (Lipinski definition) is 3. The molecule has 7 heteroatoms. The van der Waals surface area contributed by atoms with Gasteiger partial charge in [0, 0.05) is 16.6 Å².